The van der Waals surface area contributed by atoms with Gasteiger partial charge in [0.05, 0.1) is 11.7 Å². The van der Waals surface area contributed by atoms with E-state index in [1.54, 1.807) is 6.21 Å². The molecule has 29 heavy (non-hydrogen) atoms. The highest BCUT2D eigenvalue weighted by molar-refractivity contribution is 5.85. The summed E-state index contributed by atoms with van der Waals surface area (Å²) < 4.78 is 7.43. The number of nitrogens with one attached hydrogen (secondary N) is 1. The maximum absolute atomic E-state index is 12.2. The fourth-order valence-corrected chi connectivity index (χ4v) is 2.83. The summed E-state index contributed by atoms with van der Waals surface area (Å²) in [6.45, 7) is 0.488. The van der Waals surface area contributed by atoms with Crippen molar-refractivity contribution in [3.8, 4) is 5.75 Å². The number of ether oxygens (including phenoxy) is 1. The lowest BCUT2D eigenvalue weighted by Crippen LogP contribution is -2.23. The first kappa shape index (κ1) is 18.4. The Morgan fingerprint density at radius 2 is 1.76 bits per heavy atom. The summed E-state index contributed by atoms with van der Waals surface area (Å²) in [6.07, 6.45) is 1.57. The van der Waals surface area contributed by atoms with Gasteiger partial charge in [-0.15, -0.1) is 5.10 Å². The first-order valence-corrected chi connectivity index (χ1v) is 9.15. The number of aromatic nitrogens is 3. The molecule has 1 aromatic heterocycles. The van der Waals surface area contributed by atoms with E-state index in [1.807, 2.05) is 78.9 Å². The Morgan fingerprint density at radius 3 is 2.66 bits per heavy atom. The third-order valence-electron chi connectivity index (χ3n) is 4.26. The van der Waals surface area contributed by atoms with Gasteiger partial charge in [0.1, 0.15) is 24.4 Å². The third kappa shape index (κ3) is 4.65. The average Bonchev–Trinajstić information content (AvgIpc) is 3.16. The Labute approximate surface area is 167 Å². The van der Waals surface area contributed by atoms with Crippen LogP contribution >= 0.6 is 0 Å². The first-order valence-electron chi connectivity index (χ1n) is 9.15. The van der Waals surface area contributed by atoms with E-state index in [0.29, 0.717) is 12.4 Å². The van der Waals surface area contributed by atoms with Gasteiger partial charge in [-0.3, -0.25) is 4.79 Å². The van der Waals surface area contributed by atoms with Crippen LogP contribution in [0, 0.1) is 0 Å². The van der Waals surface area contributed by atoms with Gasteiger partial charge in [-0.25, -0.2) is 10.1 Å². The van der Waals surface area contributed by atoms with E-state index in [0.717, 1.165) is 22.2 Å². The zero-order chi connectivity index (χ0) is 19.9. The highest BCUT2D eigenvalue weighted by Crippen LogP contribution is 2.17. The third-order valence-corrected chi connectivity index (χ3v) is 4.26. The zero-order valence-electron chi connectivity index (χ0n) is 15.6. The molecule has 1 heterocycles. The maximum Gasteiger partial charge on any atom is 0.261 e. The highest BCUT2D eigenvalue weighted by Gasteiger charge is 2.08. The SMILES string of the molecule is O=C(Cn1nnc2ccccc21)N/N=C\c1ccccc1OCc1ccccc1. The van der Waals surface area contributed by atoms with Crippen LogP contribution in [0.2, 0.25) is 0 Å². The van der Waals surface area contributed by atoms with Crippen molar-refractivity contribution in [3.63, 3.8) is 0 Å². The van der Waals surface area contributed by atoms with Crippen LogP contribution in [0.5, 0.6) is 5.75 Å². The number of benzene rings is 3. The van der Waals surface area contributed by atoms with Gasteiger partial charge in [-0.05, 0) is 29.8 Å². The lowest BCUT2D eigenvalue weighted by atomic mass is 10.2. The van der Waals surface area contributed by atoms with Crippen LogP contribution < -0.4 is 10.2 Å². The summed E-state index contributed by atoms with van der Waals surface area (Å²) in [6, 6.07) is 24.9. The molecule has 0 aliphatic heterocycles. The fraction of sp³-hybridized carbons (Fsp3) is 0.0909. The molecule has 7 heteroatoms. The summed E-state index contributed by atoms with van der Waals surface area (Å²) in [5, 5.41) is 12.1. The Kier molecular flexibility index (Phi) is 5.57. The number of rotatable bonds is 7. The minimum Gasteiger partial charge on any atom is -0.488 e. The van der Waals surface area contributed by atoms with Crippen LogP contribution in [-0.4, -0.2) is 27.1 Å². The molecule has 0 spiro atoms. The number of amides is 1. The summed E-state index contributed by atoms with van der Waals surface area (Å²) in [4.78, 5) is 12.2. The van der Waals surface area contributed by atoms with Gasteiger partial charge in [0.15, 0.2) is 0 Å². The molecule has 3 aromatic carbocycles. The molecule has 0 fully saturated rings. The number of hydrogen-bond acceptors (Lipinski definition) is 5. The first-order chi connectivity index (χ1) is 14.3. The van der Waals surface area contributed by atoms with Crippen molar-refractivity contribution in [3.05, 3.63) is 90.0 Å². The van der Waals surface area contributed by atoms with E-state index < -0.39 is 0 Å². The van der Waals surface area contributed by atoms with Crippen molar-refractivity contribution in [1.29, 1.82) is 0 Å². The summed E-state index contributed by atoms with van der Waals surface area (Å²) >= 11 is 0. The number of nitrogens with zero attached hydrogens (tertiary/aromatic N) is 4. The smallest absolute Gasteiger partial charge is 0.261 e. The second kappa shape index (κ2) is 8.79. The van der Waals surface area contributed by atoms with E-state index in [9.17, 15) is 4.79 Å². The van der Waals surface area contributed by atoms with E-state index in [2.05, 4.69) is 20.8 Å². The van der Waals surface area contributed by atoms with Crippen molar-refractivity contribution in [1.82, 2.24) is 20.4 Å². The molecule has 0 aliphatic carbocycles. The number of carbonyl (C=O) groups excluding carboxylic acids is 1. The molecule has 0 unspecified atom stereocenters. The van der Waals surface area contributed by atoms with Crippen LogP contribution in [0.15, 0.2) is 84.0 Å². The lowest BCUT2D eigenvalue weighted by Gasteiger charge is -2.09. The number of fused-ring (bicyclic) bond motifs is 1. The predicted octanol–water partition coefficient (Wildman–Crippen LogP) is 3.16. The van der Waals surface area contributed by atoms with Crippen LogP contribution in [0.3, 0.4) is 0 Å². The Hall–Kier alpha value is -4.00. The van der Waals surface area contributed by atoms with Gasteiger partial charge in [-0.1, -0.05) is 59.8 Å². The Balaban J connectivity index is 1.37. The molecule has 0 aliphatic rings. The Morgan fingerprint density at radius 1 is 1.00 bits per heavy atom. The van der Waals surface area contributed by atoms with E-state index in [4.69, 9.17) is 4.74 Å². The number of hydrazone groups is 1. The molecule has 1 N–H and O–H groups in total. The van der Waals surface area contributed by atoms with E-state index in [-0.39, 0.29) is 12.5 Å². The second-order valence-corrected chi connectivity index (χ2v) is 6.34. The summed E-state index contributed by atoms with van der Waals surface area (Å²) in [5.74, 6) is 0.399. The van der Waals surface area contributed by atoms with Crippen LogP contribution in [-0.2, 0) is 17.9 Å². The molecule has 4 aromatic rings. The molecule has 144 valence electrons. The van der Waals surface area contributed by atoms with Gasteiger partial charge in [0, 0.05) is 5.56 Å². The summed E-state index contributed by atoms with van der Waals surface area (Å²) in [7, 11) is 0. The minimum absolute atomic E-state index is 0.0318. The van der Waals surface area contributed by atoms with Crippen LogP contribution in [0.4, 0.5) is 0 Å². The molecule has 0 saturated heterocycles. The van der Waals surface area contributed by atoms with Gasteiger partial charge in [0.25, 0.3) is 5.91 Å². The molecular formula is C22H19N5O2. The van der Waals surface area contributed by atoms with Gasteiger partial charge in [0.2, 0.25) is 0 Å². The largest absolute Gasteiger partial charge is 0.488 e. The van der Waals surface area contributed by atoms with Crippen molar-refractivity contribution >= 4 is 23.2 Å². The van der Waals surface area contributed by atoms with E-state index >= 15 is 0 Å². The van der Waals surface area contributed by atoms with Crippen LogP contribution in [0.1, 0.15) is 11.1 Å². The normalized spacial score (nSPS) is 11.0. The standard InChI is InChI=1S/C22H19N5O2/c28-22(15-27-20-12-6-5-11-19(20)24-26-27)25-23-14-18-10-4-7-13-21(18)29-16-17-8-2-1-3-9-17/h1-14H,15-16H2,(H,25,28)/b23-14-. The molecule has 0 bridgehead atoms. The average molecular weight is 385 g/mol. The second-order valence-electron chi connectivity index (χ2n) is 6.34. The molecule has 1 amide bonds. The predicted molar refractivity (Wildman–Crippen MR) is 110 cm³/mol. The monoisotopic (exact) mass is 385 g/mol. The summed E-state index contributed by atoms with van der Waals surface area (Å²) in [5.41, 5.74) is 5.91. The van der Waals surface area contributed by atoms with Gasteiger partial charge < -0.3 is 4.74 Å². The van der Waals surface area contributed by atoms with Gasteiger partial charge >= 0.3 is 0 Å². The van der Waals surface area contributed by atoms with Crippen LogP contribution in [0.25, 0.3) is 11.0 Å². The number of para-hydroxylation sites is 2. The molecule has 7 nitrogen and oxygen atoms in total. The molecule has 4 rings (SSSR count). The highest BCUT2D eigenvalue weighted by atomic mass is 16.5. The number of hydrogen-bond donors (Lipinski definition) is 1. The molecule has 0 radical (unpaired) electrons. The topological polar surface area (TPSA) is 81.4 Å². The van der Waals surface area contributed by atoms with Crippen molar-refractivity contribution in [2.75, 3.05) is 0 Å². The molecular weight excluding hydrogens is 366 g/mol. The van der Waals surface area contributed by atoms with Crippen molar-refractivity contribution < 1.29 is 9.53 Å². The number of carbonyl (C=O) groups is 1. The molecule has 0 atom stereocenters. The lowest BCUT2D eigenvalue weighted by molar-refractivity contribution is -0.121. The van der Waals surface area contributed by atoms with E-state index in [1.165, 1.54) is 4.68 Å². The molecule has 0 saturated carbocycles. The van der Waals surface area contributed by atoms with Gasteiger partial charge in [-0.2, -0.15) is 5.10 Å². The maximum atomic E-state index is 12.2. The Bertz CT molecular complexity index is 1140. The fourth-order valence-electron chi connectivity index (χ4n) is 2.83. The zero-order valence-corrected chi connectivity index (χ0v) is 15.6. The van der Waals surface area contributed by atoms with Crippen molar-refractivity contribution in [2.45, 2.75) is 13.2 Å². The van der Waals surface area contributed by atoms with Crippen molar-refractivity contribution in [2.24, 2.45) is 5.10 Å². The minimum atomic E-state index is -0.292. The quantitative estimate of drug-likeness (QED) is 0.391.